The zero-order chi connectivity index (χ0) is 12.2. The van der Waals surface area contributed by atoms with Gasteiger partial charge in [-0.1, -0.05) is 30.7 Å². The summed E-state index contributed by atoms with van der Waals surface area (Å²) in [5, 5.41) is 0.718. The van der Waals surface area contributed by atoms with Gasteiger partial charge in [-0.2, -0.15) is 0 Å². The van der Waals surface area contributed by atoms with Crippen LogP contribution in [0, 0.1) is 0 Å². The second kappa shape index (κ2) is 5.64. The maximum Gasteiger partial charge on any atom is 0.0854 e. The molecule has 3 N–H and O–H groups in total. The van der Waals surface area contributed by atoms with Crippen LogP contribution in [0.2, 0.25) is 5.02 Å². The van der Waals surface area contributed by atoms with Crippen molar-refractivity contribution >= 4 is 11.6 Å². The van der Waals surface area contributed by atoms with Gasteiger partial charge in [0.1, 0.15) is 0 Å². The molecule has 0 aliphatic carbocycles. The fourth-order valence-electron chi connectivity index (χ4n) is 1.75. The molecule has 2 unspecified atom stereocenters. The number of ether oxygens (including phenoxy) is 1. The van der Waals surface area contributed by atoms with E-state index in [-0.39, 0.29) is 11.6 Å². The van der Waals surface area contributed by atoms with Gasteiger partial charge in [0.15, 0.2) is 0 Å². The Morgan fingerprint density at radius 1 is 1.44 bits per heavy atom. The monoisotopic (exact) mass is 242 g/mol. The van der Waals surface area contributed by atoms with E-state index in [1.807, 2.05) is 31.2 Å². The van der Waals surface area contributed by atoms with Crippen LogP contribution in [0.3, 0.4) is 0 Å². The smallest absolute Gasteiger partial charge is 0.0854 e. The predicted molar refractivity (Wildman–Crippen MR) is 67.2 cm³/mol. The third-order valence-corrected chi connectivity index (χ3v) is 3.40. The molecule has 2 atom stereocenters. The van der Waals surface area contributed by atoms with E-state index in [9.17, 15) is 0 Å². The Bertz CT molecular complexity index is 322. The quantitative estimate of drug-likeness (QED) is 0.617. The zero-order valence-electron chi connectivity index (χ0n) is 9.96. The minimum atomic E-state index is -0.331. The predicted octanol–water partition coefficient (Wildman–Crippen LogP) is 2.66. The molecule has 90 valence electrons. The Morgan fingerprint density at radius 2 is 2.00 bits per heavy atom. The van der Waals surface area contributed by atoms with E-state index in [2.05, 4.69) is 12.3 Å². The summed E-state index contributed by atoms with van der Waals surface area (Å²) in [5.41, 5.74) is 3.55. The highest BCUT2D eigenvalue weighted by Crippen LogP contribution is 2.31. The van der Waals surface area contributed by atoms with E-state index in [1.165, 1.54) is 0 Å². The molecule has 0 aliphatic rings. The molecule has 0 saturated heterocycles. The van der Waals surface area contributed by atoms with Gasteiger partial charge in [0, 0.05) is 12.1 Å². The summed E-state index contributed by atoms with van der Waals surface area (Å²) >= 11 is 5.86. The van der Waals surface area contributed by atoms with Crippen molar-refractivity contribution in [1.82, 2.24) is 5.43 Å². The van der Waals surface area contributed by atoms with Crippen LogP contribution < -0.4 is 11.3 Å². The molecule has 4 heteroatoms. The lowest BCUT2D eigenvalue weighted by Gasteiger charge is -2.35. The van der Waals surface area contributed by atoms with Gasteiger partial charge in [-0.3, -0.25) is 11.3 Å². The third-order valence-electron chi connectivity index (χ3n) is 3.15. The summed E-state index contributed by atoms with van der Waals surface area (Å²) in [4.78, 5) is 0. The van der Waals surface area contributed by atoms with E-state index in [1.54, 1.807) is 7.11 Å². The fourth-order valence-corrected chi connectivity index (χ4v) is 1.87. The topological polar surface area (TPSA) is 47.3 Å². The summed E-state index contributed by atoms with van der Waals surface area (Å²) in [5.74, 6) is 5.62. The van der Waals surface area contributed by atoms with Crippen LogP contribution >= 0.6 is 11.6 Å². The minimum absolute atomic E-state index is 0.0558. The van der Waals surface area contributed by atoms with Gasteiger partial charge in [0.05, 0.1) is 11.6 Å². The van der Waals surface area contributed by atoms with E-state index in [4.69, 9.17) is 22.2 Å². The molecule has 0 amide bonds. The van der Waals surface area contributed by atoms with Crippen molar-refractivity contribution in [3.05, 3.63) is 34.9 Å². The standard InChI is InChI=1S/C12H19ClN2O/c1-4-12(2,16-3)11(15-14)9-5-7-10(13)8-6-9/h5-8,11,15H,4,14H2,1-3H3. The first-order valence-electron chi connectivity index (χ1n) is 5.34. The van der Waals surface area contributed by atoms with Crippen molar-refractivity contribution in [3.63, 3.8) is 0 Å². The van der Waals surface area contributed by atoms with E-state index in [0.29, 0.717) is 0 Å². The maximum atomic E-state index is 5.86. The summed E-state index contributed by atoms with van der Waals surface area (Å²) in [6, 6.07) is 7.57. The van der Waals surface area contributed by atoms with Crippen molar-refractivity contribution in [1.29, 1.82) is 0 Å². The molecule has 0 spiro atoms. The first-order valence-corrected chi connectivity index (χ1v) is 5.72. The largest absolute Gasteiger partial charge is 0.376 e. The van der Waals surface area contributed by atoms with E-state index in [0.717, 1.165) is 17.0 Å². The van der Waals surface area contributed by atoms with Gasteiger partial charge in [0.25, 0.3) is 0 Å². The number of hydrazine groups is 1. The number of hydrogen-bond donors (Lipinski definition) is 2. The SMILES string of the molecule is CCC(C)(OC)C(NN)c1ccc(Cl)cc1. The number of halogens is 1. The van der Waals surface area contributed by atoms with Crippen molar-refractivity contribution < 1.29 is 4.74 Å². The lowest BCUT2D eigenvalue weighted by Crippen LogP contribution is -2.45. The Hall–Kier alpha value is -0.610. The van der Waals surface area contributed by atoms with Crippen LogP contribution in [0.1, 0.15) is 31.9 Å². The van der Waals surface area contributed by atoms with Gasteiger partial charge in [-0.25, -0.2) is 0 Å². The molecular weight excluding hydrogens is 224 g/mol. The Kier molecular flexibility index (Phi) is 4.74. The highest BCUT2D eigenvalue weighted by atomic mass is 35.5. The van der Waals surface area contributed by atoms with Crippen molar-refractivity contribution in [2.45, 2.75) is 31.9 Å². The minimum Gasteiger partial charge on any atom is -0.376 e. The molecule has 0 saturated carbocycles. The first-order chi connectivity index (χ1) is 7.57. The molecule has 16 heavy (non-hydrogen) atoms. The van der Waals surface area contributed by atoms with Crippen LogP contribution in [0.15, 0.2) is 24.3 Å². The summed E-state index contributed by atoms with van der Waals surface area (Å²) in [7, 11) is 1.70. The molecule has 0 bridgehead atoms. The lowest BCUT2D eigenvalue weighted by molar-refractivity contribution is -0.0300. The molecule has 0 aromatic heterocycles. The second-order valence-corrected chi connectivity index (χ2v) is 4.46. The molecule has 0 fully saturated rings. The molecule has 1 aromatic rings. The summed E-state index contributed by atoms with van der Waals surface area (Å²) in [6.07, 6.45) is 0.862. The average Bonchev–Trinajstić information content (AvgIpc) is 2.32. The molecule has 0 heterocycles. The van der Waals surface area contributed by atoms with Crippen LogP contribution in [-0.2, 0) is 4.74 Å². The van der Waals surface area contributed by atoms with Crippen LogP contribution in [0.4, 0.5) is 0 Å². The van der Waals surface area contributed by atoms with Gasteiger partial charge in [-0.15, -0.1) is 0 Å². The number of nitrogens with two attached hydrogens (primary N) is 1. The molecule has 1 rings (SSSR count). The lowest BCUT2D eigenvalue weighted by atomic mass is 9.88. The number of hydrogen-bond acceptors (Lipinski definition) is 3. The molecule has 0 aliphatic heterocycles. The van der Waals surface area contributed by atoms with E-state index < -0.39 is 0 Å². The van der Waals surface area contributed by atoms with Gasteiger partial charge < -0.3 is 4.74 Å². The maximum absolute atomic E-state index is 5.86. The Morgan fingerprint density at radius 3 is 2.38 bits per heavy atom. The third kappa shape index (κ3) is 2.74. The first kappa shape index (κ1) is 13.5. The van der Waals surface area contributed by atoms with Crippen molar-refractivity contribution in [3.8, 4) is 0 Å². The molecular formula is C12H19ClN2O. The average molecular weight is 243 g/mol. The number of nitrogens with one attached hydrogen (secondary N) is 1. The van der Waals surface area contributed by atoms with Crippen LogP contribution in [0.5, 0.6) is 0 Å². The Balaban J connectivity index is 3.02. The number of rotatable bonds is 5. The highest BCUT2D eigenvalue weighted by Gasteiger charge is 2.32. The summed E-state index contributed by atoms with van der Waals surface area (Å²) < 4.78 is 5.55. The second-order valence-electron chi connectivity index (χ2n) is 4.02. The van der Waals surface area contributed by atoms with Crippen molar-refractivity contribution in [2.24, 2.45) is 5.84 Å². The molecule has 3 nitrogen and oxygen atoms in total. The van der Waals surface area contributed by atoms with E-state index >= 15 is 0 Å². The van der Waals surface area contributed by atoms with Crippen LogP contribution in [0.25, 0.3) is 0 Å². The molecule has 0 radical (unpaired) electrons. The van der Waals surface area contributed by atoms with Crippen molar-refractivity contribution in [2.75, 3.05) is 7.11 Å². The summed E-state index contributed by atoms with van der Waals surface area (Å²) in [6.45, 7) is 4.11. The normalized spacial score (nSPS) is 16.8. The fraction of sp³-hybridized carbons (Fsp3) is 0.500. The number of benzene rings is 1. The zero-order valence-corrected chi connectivity index (χ0v) is 10.7. The molecule has 1 aromatic carbocycles. The highest BCUT2D eigenvalue weighted by molar-refractivity contribution is 6.30. The number of methoxy groups -OCH3 is 1. The van der Waals surface area contributed by atoms with Gasteiger partial charge >= 0.3 is 0 Å². The Labute approximate surface area is 102 Å². The van der Waals surface area contributed by atoms with Gasteiger partial charge in [0.2, 0.25) is 0 Å². The van der Waals surface area contributed by atoms with Gasteiger partial charge in [-0.05, 0) is 31.0 Å². The van der Waals surface area contributed by atoms with Crippen LogP contribution in [-0.4, -0.2) is 12.7 Å².